The number of amides is 1. The van der Waals surface area contributed by atoms with Gasteiger partial charge in [0.1, 0.15) is 0 Å². The molecule has 1 amide bonds. The van der Waals surface area contributed by atoms with Crippen molar-refractivity contribution in [3.05, 3.63) is 59.1 Å². The average molecular weight is 346 g/mol. The summed E-state index contributed by atoms with van der Waals surface area (Å²) in [6.45, 7) is 0.960. The van der Waals surface area contributed by atoms with Crippen LogP contribution < -0.4 is 0 Å². The Labute approximate surface area is 146 Å². The van der Waals surface area contributed by atoms with E-state index in [4.69, 9.17) is 11.6 Å². The molecule has 1 aromatic heterocycles. The summed E-state index contributed by atoms with van der Waals surface area (Å²) < 4.78 is 0. The Balaban J connectivity index is 1.52. The van der Waals surface area contributed by atoms with Crippen LogP contribution in [0.5, 0.6) is 0 Å². The molecule has 1 saturated heterocycles. The number of benzene rings is 1. The van der Waals surface area contributed by atoms with Crippen LogP contribution in [0.25, 0.3) is 0 Å². The van der Waals surface area contributed by atoms with E-state index in [0.29, 0.717) is 37.4 Å². The van der Waals surface area contributed by atoms with E-state index in [0.717, 1.165) is 11.3 Å². The summed E-state index contributed by atoms with van der Waals surface area (Å²) >= 11 is 5.86. The summed E-state index contributed by atoms with van der Waals surface area (Å²) in [5.74, 6) is 0.0897. The number of carbonyl (C=O) groups excluding carboxylic acids is 1. The first-order valence-corrected chi connectivity index (χ1v) is 8.45. The molecule has 0 spiro atoms. The van der Waals surface area contributed by atoms with Crippen LogP contribution in [-0.4, -0.2) is 45.1 Å². The minimum atomic E-state index is -0.508. The Hall–Kier alpha value is -1.98. The third-order valence-electron chi connectivity index (χ3n) is 4.39. The molecule has 0 bridgehead atoms. The van der Waals surface area contributed by atoms with Crippen molar-refractivity contribution in [2.45, 2.75) is 25.4 Å². The minimum Gasteiger partial charge on any atom is -0.391 e. The molecule has 3 rings (SSSR count). The highest BCUT2D eigenvalue weighted by atomic mass is 35.5. The summed E-state index contributed by atoms with van der Waals surface area (Å²) in [5, 5.41) is 10.9. The quantitative estimate of drug-likeness (QED) is 0.901. The Morgan fingerprint density at radius 3 is 2.75 bits per heavy atom. The fraction of sp³-hybridized carbons (Fsp3) is 0.389. The molecule has 1 aromatic carbocycles. The highest BCUT2D eigenvalue weighted by molar-refractivity contribution is 6.30. The number of hydrogen-bond acceptors (Lipinski definition) is 4. The lowest BCUT2D eigenvalue weighted by molar-refractivity contribution is -0.130. The zero-order chi connectivity index (χ0) is 16.9. The second kappa shape index (κ2) is 7.73. The second-order valence-electron chi connectivity index (χ2n) is 6.15. The van der Waals surface area contributed by atoms with E-state index in [1.807, 2.05) is 24.3 Å². The molecule has 5 nitrogen and oxygen atoms in total. The smallest absolute Gasteiger partial charge is 0.223 e. The lowest BCUT2D eigenvalue weighted by Gasteiger charge is -2.16. The SMILES string of the molecule is O=C(CCc1ccc(Cl)cc1)N1C[C@@H](Cc2cnccn2)[C@H](O)C1. The third-order valence-corrected chi connectivity index (χ3v) is 4.64. The molecule has 1 aliphatic rings. The lowest BCUT2D eigenvalue weighted by Crippen LogP contribution is -2.29. The van der Waals surface area contributed by atoms with Gasteiger partial charge in [0.25, 0.3) is 0 Å². The Morgan fingerprint density at radius 2 is 2.04 bits per heavy atom. The molecule has 0 saturated carbocycles. The summed E-state index contributed by atoms with van der Waals surface area (Å²) in [4.78, 5) is 22.4. The molecule has 1 N–H and O–H groups in total. The Kier molecular flexibility index (Phi) is 5.43. The normalized spacial score (nSPS) is 20.3. The highest BCUT2D eigenvalue weighted by Gasteiger charge is 2.33. The van der Waals surface area contributed by atoms with E-state index in [-0.39, 0.29) is 11.8 Å². The van der Waals surface area contributed by atoms with Gasteiger partial charge < -0.3 is 10.0 Å². The van der Waals surface area contributed by atoms with Gasteiger partial charge in [0, 0.05) is 49.0 Å². The summed E-state index contributed by atoms with van der Waals surface area (Å²) in [6.07, 6.45) is 6.22. The molecule has 24 heavy (non-hydrogen) atoms. The largest absolute Gasteiger partial charge is 0.391 e. The van der Waals surface area contributed by atoms with Crippen LogP contribution in [0, 0.1) is 5.92 Å². The predicted molar refractivity (Wildman–Crippen MR) is 91.6 cm³/mol. The van der Waals surface area contributed by atoms with Crippen molar-refractivity contribution >= 4 is 17.5 Å². The number of likely N-dealkylation sites (tertiary alicyclic amines) is 1. The van der Waals surface area contributed by atoms with Crippen LogP contribution in [-0.2, 0) is 17.6 Å². The van der Waals surface area contributed by atoms with Gasteiger partial charge in [-0.3, -0.25) is 14.8 Å². The zero-order valence-corrected chi connectivity index (χ0v) is 14.1. The molecule has 2 atom stereocenters. The number of aliphatic hydroxyl groups excluding tert-OH is 1. The van der Waals surface area contributed by atoms with Gasteiger partial charge in [0.15, 0.2) is 0 Å². The van der Waals surface area contributed by atoms with Crippen molar-refractivity contribution in [1.82, 2.24) is 14.9 Å². The van der Waals surface area contributed by atoms with Gasteiger partial charge >= 0.3 is 0 Å². The molecule has 0 unspecified atom stereocenters. The number of β-amino-alcohol motifs (C(OH)–C–C–N with tert-alkyl or cyclic N) is 1. The maximum atomic E-state index is 12.4. The van der Waals surface area contributed by atoms with Gasteiger partial charge in [-0.25, -0.2) is 0 Å². The number of rotatable bonds is 5. The predicted octanol–water partition coefficient (Wildman–Crippen LogP) is 2.12. The summed E-state index contributed by atoms with van der Waals surface area (Å²) in [5.41, 5.74) is 1.93. The van der Waals surface area contributed by atoms with Crippen LogP contribution in [0.4, 0.5) is 0 Å². The molecule has 6 heteroatoms. The summed E-state index contributed by atoms with van der Waals surface area (Å²) in [6, 6.07) is 7.53. The van der Waals surface area contributed by atoms with E-state index in [1.54, 1.807) is 23.5 Å². The number of aryl methyl sites for hydroxylation is 1. The zero-order valence-electron chi connectivity index (χ0n) is 13.3. The van der Waals surface area contributed by atoms with Gasteiger partial charge in [0.05, 0.1) is 11.8 Å². The molecule has 0 radical (unpaired) electrons. The molecule has 2 aromatic rings. The number of halogens is 1. The monoisotopic (exact) mass is 345 g/mol. The van der Waals surface area contributed by atoms with Crippen molar-refractivity contribution in [2.75, 3.05) is 13.1 Å². The molecule has 0 aliphatic carbocycles. The van der Waals surface area contributed by atoms with Crippen LogP contribution in [0.3, 0.4) is 0 Å². The van der Waals surface area contributed by atoms with Crippen LogP contribution in [0.1, 0.15) is 17.7 Å². The van der Waals surface area contributed by atoms with Crippen molar-refractivity contribution in [1.29, 1.82) is 0 Å². The molecule has 2 heterocycles. The van der Waals surface area contributed by atoms with Crippen molar-refractivity contribution in [2.24, 2.45) is 5.92 Å². The Morgan fingerprint density at radius 1 is 1.25 bits per heavy atom. The topological polar surface area (TPSA) is 66.3 Å². The van der Waals surface area contributed by atoms with Gasteiger partial charge in [-0.05, 0) is 30.5 Å². The number of nitrogens with zero attached hydrogens (tertiary/aromatic N) is 3. The fourth-order valence-electron chi connectivity index (χ4n) is 3.02. The van der Waals surface area contributed by atoms with Crippen LogP contribution in [0.15, 0.2) is 42.9 Å². The first-order valence-electron chi connectivity index (χ1n) is 8.07. The van der Waals surface area contributed by atoms with Gasteiger partial charge in [-0.1, -0.05) is 23.7 Å². The van der Waals surface area contributed by atoms with Crippen molar-refractivity contribution in [3.8, 4) is 0 Å². The second-order valence-corrected chi connectivity index (χ2v) is 6.59. The number of aliphatic hydroxyl groups is 1. The molecule has 1 aliphatic heterocycles. The Bertz CT molecular complexity index is 678. The number of hydrogen-bond donors (Lipinski definition) is 1. The first-order chi connectivity index (χ1) is 11.6. The fourth-order valence-corrected chi connectivity index (χ4v) is 3.15. The van der Waals surface area contributed by atoms with E-state index in [9.17, 15) is 9.90 Å². The standard InChI is InChI=1S/C18H20ClN3O2/c19-15-4-1-13(2-5-15)3-6-18(24)22-11-14(17(23)12-22)9-16-10-20-7-8-21-16/h1-2,4-5,7-8,10,14,17,23H,3,6,9,11-12H2/t14-,17-/m1/s1. The van der Waals surface area contributed by atoms with Crippen LogP contribution in [0.2, 0.25) is 5.02 Å². The molecular formula is C18H20ClN3O2. The molecule has 1 fully saturated rings. The van der Waals surface area contributed by atoms with E-state index < -0.39 is 6.10 Å². The molecular weight excluding hydrogens is 326 g/mol. The molecule has 126 valence electrons. The first kappa shape index (κ1) is 16.9. The van der Waals surface area contributed by atoms with Crippen molar-refractivity contribution < 1.29 is 9.90 Å². The van der Waals surface area contributed by atoms with E-state index in [1.165, 1.54) is 0 Å². The van der Waals surface area contributed by atoms with Crippen LogP contribution >= 0.6 is 11.6 Å². The maximum Gasteiger partial charge on any atom is 0.223 e. The minimum absolute atomic E-state index is 0.0150. The average Bonchev–Trinajstić information content (AvgIpc) is 2.96. The number of carbonyl (C=O) groups is 1. The highest BCUT2D eigenvalue weighted by Crippen LogP contribution is 2.22. The number of aromatic nitrogens is 2. The van der Waals surface area contributed by atoms with Gasteiger partial charge in [0.2, 0.25) is 5.91 Å². The van der Waals surface area contributed by atoms with E-state index in [2.05, 4.69) is 9.97 Å². The van der Waals surface area contributed by atoms with Gasteiger partial charge in [-0.15, -0.1) is 0 Å². The lowest BCUT2D eigenvalue weighted by atomic mass is 10.0. The van der Waals surface area contributed by atoms with Crippen molar-refractivity contribution in [3.63, 3.8) is 0 Å². The third kappa shape index (κ3) is 4.30. The maximum absolute atomic E-state index is 12.4. The van der Waals surface area contributed by atoms with E-state index >= 15 is 0 Å². The summed E-state index contributed by atoms with van der Waals surface area (Å²) in [7, 11) is 0. The van der Waals surface area contributed by atoms with Gasteiger partial charge in [-0.2, -0.15) is 0 Å².